The maximum absolute atomic E-state index is 2.41. The molecule has 0 amide bonds. The molecule has 4 aromatic carbocycles. The molecule has 0 atom stereocenters. The number of nitrogens with zero attached hydrogens (tertiary/aromatic N) is 1. The van der Waals surface area contributed by atoms with Gasteiger partial charge < -0.3 is 4.90 Å². The van der Waals surface area contributed by atoms with Crippen LogP contribution in [0.4, 0.5) is 17.1 Å². The van der Waals surface area contributed by atoms with E-state index < -0.39 is 0 Å². The predicted molar refractivity (Wildman–Crippen MR) is 141 cm³/mol. The number of fused-ring (bicyclic) bond motifs is 4. The lowest BCUT2D eigenvalue weighted by Crippen LogP contribution is -2.17. The second kappa shape index (κ2) is 7.49. The molecule has 2 aliphatic rings. The molecule has 0 spiro atoms. The van der Waals surface area contributed by atoms with Gasteiger partial charge in [0.1, 0.15) is 0 Å². The highest BCUT2D eigenvalue weighted by Gasteiger charge is 2.36. The van der Waals surface area contributed by atoms with Gasteiger partial charge in [-0.3, -0.25) is 0 Å². The van der Waals surface area contributed by atoms with E-state index in [1.165, 1.54) is 56.0 Å². The van der Waals surface area contributed by atoms with Gasteiger partial charge in [-0.1, -0.05) is 80.1 Å². The molecule has 0 saturated carbocycles. The molecule has 1 nitrogen and oxygen atoms in total. The first-order valence-electron chi connectivity index (χ1n) is 11.9. The van der Waals surface area contributed by atoms with Crippen molar-refractivity contribution in [2.75, 3.05) is 4.90 Å². The minimum atomic E-state index is -0.0202. The molecule has 2 aliphatic carbocycles. The number of allylic oxidation sites excluding steroid dienone is 1. The number of rotatable bonds is 3. The number of para-hydroxylation sites is 1. The average molecular weight is 428 g/mol. The van der Waals surface area contributed by atoms with Gasteiger partial charge in [0.05, 0.1) is 0 Å². The molecule has 0 radical (unpaired) electrons. The van der Waals surface area contributed by atoms with E-state index in [0.29, 0.717) is 0 Å². The fourth-order valence-electron chi connectivity index (χ4n) is 5.56. The SMILES string of the molecule is Cc1ccc2c(c1)C(C)(C)c1cc(N(c3ccccc3)c3ccc4c(c3)C=CCC4)ccc1-2. The summed E-state index contributed by atoms with van der Waals surface area (Å²) < 4.78 is 0. The van der Waals surface area contributed by atoms with Gasteiger partial charge in [-0.05, 0) is 89.5 Å². The van der Waals surface area contributed by atoms with Gasteiger partial charge in [-0.25, -0.2) is 0 Å². The highest BCUT2D eigenvalue weighted by molar-refractivity contribution is 5.86. The summed E-state index contributed by atoms with van der Waals surface area (Å²) in [5, 5.41) is 0. The van der Waals surface area contributed by atoms with Crippen molar-refractivity contribution in [2.45, 2.75) is 39.0 Å². The van der Waals surface area contributed by atoms with Crippen LogP contribution < -0.4 is 4.90 Å². The summed E-state index contributed by atoms with van der Waals surface area (Å²) in [5.74, 6) is 0. The quantitative estimate of drug-likeness (QED) is 0.316. The topological polar surface area (TPSA) is 3.24 Å². The first kappa shape index (κ1) is 20.1. The fourth-order valence-corrected chi connectivity index (χ4v) is 5.56. The van der Waals surface area contributed by atoms with Crippen LogP contribution in [0.3, 0.4) is 0 Å². The first-order valence-corrected chi connectivity index (χ1v) is 11.9. The average Bonchev–Trinajstić information content (AvgIpc) is 3.06. The van der Waals surface area contributed by atoms with Gasteiger partial charge in [0.15, 0.2) is 0 Å². The molecule has 33 heavy (non-hydrogen) atoms. The zero-order valence-corrected chi connectivity index (χ0v) is 19.6. The minimum absolute atomic E-state index is 0.0202. The van der Waals surface area contributed by atoms with Crippen LogP contribution in [0.25, 0.3) is 17.2 Å². The Hall–Kier alpha value is -3.58. The Labute approximate surface area is 197 Å². The molecule has 0 fully saturated rings. The van der Waals surface area contributed by atoms with Gasteiger partial charge in [-0.15, -0.1) is 0 Å². The molecule has 0 bridgehead atoms. The van der Waals surface area contributed by atoms with Crippen molar-refractivity contribution >= 4 is 23.1 Å². The van der Waals surface area contributed by atoms with Crippen LogP contribution in [0.1, 0.15) is 48.1 Å². The third-order valence-electron chi connectivity index (χ3n) is 7.35. The van der Waals surface area contributed by atoms with Crippen molar-refractivity contribution < 1.29 is 0 Å². The zero-order valence-electron chi connectivity index (χ0n) is 19.6. The van der Waals surface area contributed by atoms with Crippen LogP contribution in [-0.4, -0.2) is 0 Å². The van der Waals surface area contributed by atoms with Crippen LogP contribution >= 0.6 is 0 Å². The Morgan fingerprint density at radius 2 is 1.39 bits per heavy atom. The largest absolute Gasteiger partial charge is 0.310 e. The Morgan fingerprint density at radius 3 is 2.21 bits per heavy atom. The molecule has 0 N–H and O–H groups in total. The van der Waals surface area contributed by atoms with Crippen molar-refractivity contribution in [1.29, 1.82) is 0 Å². The van der Waals surface area contributed by atoms with E-state index in [9.17, 15) is 0 Å². The Morgan fingerprint density at radius 1 is 0.697 bits per heavy atom. The molecule has 0 aromatic heterocycles. The van der Waals surface area contributed by atoms with E-state index >= 15 is 0 Å². The van der Waals surface area contributed by atoms with E-state index in [0.717, 1.165) is 12.8 Å². The third-order valence-corrected chi connectivity index (χ3v) is 7.35. The van der Waals surface area contributed by atoms with Crippen molar-refractivity contribution in [2.24, 2.45) is 0 Å². The number of hydrogen-bond donors (Lipinski definition) is 0. The first-order chi connectivity index (χ1) is 16.0. The molecular weight excluding hydrogens is 398 g/mol. The lowest BCUT2D eigenvalue weighted by Gasteiger charge is -2.29. The van der Waals surface area contributed by atoms with Gasteiger partial charge in [-0.2, -0.15) is 0 Å². The third kappa shape index (κ3) is 3.23. The summed E-state index contributed by atoms with van der Waals surface area (Å²) in [7, 11) is 0. The monoisotopic (exact) mass is 427 g/mol. The van der Waals surface area contributed by atoms with Gasteiger partial charge in [0, 0.05) is 22.5 Å². The molecule has 1 heteroatoms. The highest BCUT2D eigenvalue weighted by Crippen LogP contribution is 2.51. The number of aryl methyl sites for hydroxylation is 2. The lowest BCUT2D eigenvalue weighted by atomic mass is 9.82. The van der Waals surface area contributed by atoms with Crippen LogP contribution in [0.2, 0.25) is 0 Å². The predicted octanol–water partition coefficient (Wildman–Crippen LogP) is 8.73. The maximum atomic E-state index is 2.41. The van der Waals surface area contributed by atoms with E-state index in [2.05, 4.69) is 123 Å². The summed E-state index contributed by atoms with van der Waals surface area (Å²) >= 11 is 0. The Bertz CT molecular complexity index is 1390. The molecule has 0 unspecified atom stereocenters. The van der Waals surface area contributed by atoms with Crippen molar-refractivity contribution in [3.63, 3.8) is 0 Å². The van der Waals surface area contributed by atoms with Gasteiger partial charge in [0.25, 0.3) is 0 Å². The Kier molecular flexibility index (Phi) is 4.55. The number of hydrogen-bond acceptors (Lipinski definition) is 1. The number of anilines is 3. The van der Waals surface area contributed by atoms with E-state index in [4.69, 9.17) is 0 Å². The van der Waals surface area contributed by atoms with Crippen LogP contribution in [0.5, 0.6) is 0 Å². The normalized spacial score (nSPS) is 15.0. The molecule has 0 heterocycles. The second-order valence-corrected chi connectivity index (χ2v) is 9.90. The summed E-state index contributed by atoms with van der Waals surface area (Å²) in [6, 6.07) is 31.6. The maximum Gasteiger partial charge on any atom is 0.0467 e. The standard InChI is InChI=1S/C32H29N/c1-22-13-17-28-29-18-16-27(21-31(29)32(2,3)30(28)19-22)33(25-11-5-4-6-12-25)26-15-14-23-9-7-8-10-24(23)20-26/h4-6,8,10-21H,7,9H2,1-3H3. The van der Waals surface area contributed by atoms with Crippen LogP contribution in [0, 0.1) is 6.92 Å². The lowest BCUT2D eigenvalue weighted by molar-refractivity contribution is 0.660. The molecule has 0 aliphatic heterocycles. The molecule has 6 rings (SSSR count). The van der Waals surface area contributed by atoms with Gasteiger partial charge in [0.2, 0.25) is 0 Å². The van der Waals surface area contributed by atoms with E-state index in [1.54, 1.807) is 0 Å². The zero-order chi connectivity index (χ0) is 22.6. The summed E-state index contributed by atoms with van der Waals surface area (Å²) in [6.07, 6.45) is 6.82. The van der Waals surface area contributed by atoms with Crippen LogP contribution in [-0.2, 0) is 11.8 Å². The van der Waals surface area contributed by atoms with Crippen molar-refractivity contribution in [3.05, 3.63) is 119 Å². The van der Waals surface area contributed by atoms with Gasteiger partial charge >= 0.3 is 0 Å². The molecule has 162 valence electrons. The molecule has 0 saturated heterocycles. The van der Waals surface area contributed by atoms with Crippen molar-refractivity contribution in [3.8, 4) is 11.1 Å². The minimum Gasteiger partial charge on any atom is -0.310 e. The molecular formula is C32H29N. The fraction of sp³-hybridized carbons (Fsp3) is 0.188. The highest BCUT2D eigenvalue weighted by atomic mass is 15.1. The second-order valence-electron chi connectivity index (χ2n) is 9.90. The summed E-state index contributed by atoms with van der Waals surface area (Å²) in [4.78, 5) is 2.40. The number of benzene rings is 4. The smallest absolute Gasteiger partial charge is 0.0467 e. The summed E-state index contributed by atoms with van der Waals surface area (Å²) in [5.41, 5.74) is 13.2. The Balaban J connectivity index is 1.52. The summed E-state index contributed by atoms with van der Waals surface area (Å²) in [6.45, 7) is 6.90. The van der Waals surface area contributed by atoms with Crippen LogP contribution in [0.15, 0.2) is 91.0 Å². The molecule has 4 aromatic rings. The van der Waals surface area contributed by atoms with E-state index in [1.807, 2.05) is 0 Å². The van der Waals surface area contributed by atoms with E-state index in [-0.39, 0.29) is 5.41 Å². The van der Waals surface area contributed by atoms with Crippen molar-refractivity contribution in [1.82, 2.24) is 0 Å².